The SMILES string of the molecule is C/C=C/c1ccc(OCC(=O)Nc2ccc(N3CCN(CC)CC3)c(C)c2)c(OC)c1. The number of methoxy groups -OCH3 is 1. The van der Waals surface area contributed by atoms with Crippen LogP contribution in [0.5, 0.6) is 11.5 Å². The van der Waals surface area contributed by atoms with Crippen molar-refractivity contribution in [3.05, 3.63) is 53.6 Å². The molecule has 1 amide bonds. The zero-order chi connectivity index (χ0) is 22.2. The van der Waals surface area contributed by atoms with Crippen LogP contribution in [0.25, 0.3) is 6.08 Å². The molecule has 0 saturated carbocycles. The molecule has 2 aromatic carbocycles. The molecule has 6 nitrogen and oxygen atoms in total. The van der Waals surface area contributed by atoms with Crippen molar-refractivity contribution in [2.75, 3.05) is 56.7 Å². The van der Waals surface area contributed by atoms with Gasteiger partial charge in [0.15, 0.2) is 18.1 Å². The molecule has 1 aliphatic heterocycles. The zero-order valence-corrected chi connectivity index (χ0v) is 19.0. The fourth-order valence-electron chi connectivity index (χ4n) is 3.83. The molecule has 1 heterocycles. The van der Waals surface area contributed by atoms with Crippen LogP contribution in [-0.4, -0.2) is 57.2 Å². The number of nitrogens with zero attached hydrogens (tertiary/aromatic N) is 2. The van der Waals surface area contributed by atoms with Crippen LogP contribution in [-0.2, 0) is 4.79 Å². The highest BCUT2D eigenvalue weighted by atomic mass is 16.5. The summed E-state index contributed by atoms with van der Waals surface area (Å²) in [5, 5.41) is 2.93. The monoisotopic (exact) mass is 423 g/mol. The highest BCUT2D eigenvalue weighted by Gasteiger charge is 2.17. The molecule has 0 radical (unpaired) electrons. The van der Waals surface area contributed by atoms with E-state index in [0.29, 0.717) is 11.5 Å². The predicted molar refractivity (Wildman–Crippen MR) is 127 cm³/mol. The van der Waals surface area contributed by atoms with Crippen molar-refractivity contribution in [3.8, 4) is 11.5 Å². The number of carbonyl (C=O) groups excluding carboxylic acids is 1. The highest BCUT2D eigenvalue weighted by molar-refractivity contribution is 5.92. The van der Waals surface area contributed by atoms with Crippen LogP contribution in [0.2, 0.25) is 0 Å². The number of likely N-dealkylation sites (N-methyl/N-ethyl adjacent to an activating group) is 1. The maximum absolute atomic E-state index is 12.4. The van der Waals surface area contributed by atoms with Crippen molar-refractivity contribution in [3.63, 3.8) is 0 Å². The van der Waals surface area contributed by atoms with Crippen LogP contribution in [0.15, 0.2) is 42.5 Å². The standard InChI is InChI=1S/C25H33N3O3/c1-5-7-20-8-11-23(24(17-20)30-4)31-18-25(29)26-21-9-10-22(19(3)16-21)28-14-12-27(6-2)13-15-28/h5,7-11,16-17H,6,12-15,18H2,1-4H3,(H,26,29)/b7-5+. The number of hydrogen-bond acceptors (Lipinski definition) is 5. The van der Waals surface area contributed by atoms with Crippen LogP contribution in [0.3, 0.4) is 0 Å². The molecule has 0 aromatic heterocycles. The van der Waals surface area contributed by atoms with E-state index in [2.05, 4.69) is 35.0 Å². The van der Waals surface area contributed by atoms with Crippen LogP contribution in [0, 0.1) is 6.92 Å². The molecule has 0 atom stereocenters. The average Bonchev–Trinajstić information content (AvgIpc) is 2.78. The lowest BCUT2D eigenvalue weighted by Crippen LogP contribution is -2.46. The lowest BCUT2D eigenvalue weighted by molar-refractivity contribution is -0.118. The van der Waals surface area contributed by atoms with E-state index in [9.17, 15) is 4.79 Å². The average molecular weight is 424 g/mol. The molecule has 31 heavy (non-hydrogen) atoms. The van der Waals surface area contributed by atoms with Crippen molar-refractivity contribution in [2.24, 2.45) is 0 Å². The number of hydrogen-bond donors (Lipinski definition) is 1. The largest absolute Gasteiger partial charge is 0.493 e. The van der Waals surface area contributed by atoms with Crippen LogP contribution >= 0.6 is 0 Å². The Labute approximate surface area is 185 Å². The predicted octanol–water partition coefficient (Wildman–Crippen LogP) is 4.20. The van der Waals surface area contributed by atoms with Crippen molar-refractivity contribution in [2.45, 2.75) is 20.8 Å². The van der Waals surface area contributed by atoms with Crippen LogP contribution in [0.1, 0.15) is 25.0 Å². The summed E-state index contributed by atoms with van der Waals surface area (Å²) in [4.78, 5) is 17.3. The first-order valence-electron chi connectivity index (χ1n) is 10.9. The first-order chi connectivity index (χ1) is 15.0. The Morgan fingerprint density at radius 3 is 2.52 bits per heavy atom. The second-order valence-electron chi connectivity index (χ2n) is 7.67. The summed E-state index contributed by atoms with van der Waals surface area (Å²) in [6, 6.07) is 11.7. The number of anilines is 2. The van der Waals surface area contributed by atoms with E-state index in [-0.39, 0.29) is 12.5 Å². The van der Waals surface area contributed by atoms with Gasteiger partial charge in [0.1, 0.15) is 0 Å². The zero-order valence-electron chi connectivity index (χ0n) is 19.0. The van der Waals surface area contributed by atoms with E-state index >= 15 is 0 Å². The molecular formula is C25H33N3O3. The van der Waals surface area contributed by atoms with Gasteiger partial charge in [-0.1, -0.05) is 25.1 Å². The molecule has 0 bridgehead atoms. The summed E-state index contributed by atoms with van der Waals surface area (Å²) in [7, 11) is 1.59. The molecule has 1 saturated heterocycles. The molecule has 0 spiro atoms. The fraction of sp³-hybridized carbons (Fsp3) is 0.400. The third-order valence-corrected chi connectivity index (χ3v) is 5.55. The van der Waals surface area contributed by atoms with E-state index in [4.69, 9.17) is 9.47 Å². The van der Waals surface area contributed by atoms with Gasteiger partial charge in [-0.3, -0.25) is 4.79 Å². The Bertz CT molecular complexity index is 918. The first kappa shape index (κ1) is 22.7. The molecule has 166 valence electrons. The normalized spacial score (nSPS) is 14.6. The van der Waals surface area contributed by atoms with E-state index in [1.807, 2.05) is 49.4 Å². The second-order valence-corrected chi connectivity index (χ2v) is 7.67. The maximum Gasteiger partial charge on any atom is 0.262 e. The Morgan fingerprint density at radius 2 is 1.87 bits per heavy atom. The minimum atomic E-state index is -0.205. The van der Waals surface area contributed by atoms with Gasteiger partial charge in [-0.05, 0) is 61.9 Å². The Balaban J connectivity index is 1.57. The van der Waals surface area contributed by atoms with E-state index in [1.54, 1.807) is 7.11 Å². The van der Waals surface area contributed by atoms with Crippen molar-refractivity contribution in [1.29, 1.82) is 0 Å². The maximum atomic E-state index is 12.4. The minimum absolute atomic E-state index is 0.0842. The molecule has 1 fully saturated rings. The Kier molecular flexibility index (Phi) is 7.95. The Hall–Kier alpha value is -2.99. The van der Waals surface area contributed by atoms with Gasteiger partial charge in [-0.25, -0.2) is 0 Å². The Morgan fingerprint density at radius 1 is 1.10 bits per heavy atom. The number of amides is 1. The molecule has 2 aromatic rings. The van der Waals surface area contributed by atoms with Crippen molar-refractivity contribution < 1.29 is 14.3 Å². The van der Waals surface area contributed by atoms with Crippen molar-refractivity contribution in [1.82, 2.24) is 4.90 Å². The fourth-order valence-corrected chi connectivity index (χ4v) is 3.83. The minimum Gasteiger partial charge on any atom is -0.493 e. The number of allylic oxidation sites excluding steroid dienone is 1. The van der Waals surface area contributed by atoms with Gasteiger partial charge < -0.3 is 24.6 Å². The van der Waals surface area contributed by atoms with E-state index in [1.165, 1.54) is 5.69 Å². The van der Waals surface area contributed by atoms with E-state index < -0.39 is 0 Å². The molecule has 0 unspecified atom stereocenters. The highest BCUT2D eigenvalue weighted by Crippen LogP contribution is 2.29. The number of rotatable bonds is 8. The smallest absolute Gasteiger partial charge is 0.262 e. The third-order valence-electron chi connectivity index (χ3n) is 5.55. The van der Waals surface area contributed by atoms with Gasteiger partial charge in [0.2, 0.25) is 0 Å². The summed E-state index contributed by atoms with van der Waals surface area (Å²) >= 11 is 0. The number of ether oxygens (including phenoxy) is 2. The third kappa shape index (κ3) is 6.01. The topological polar surface area (TPSA) is 54.0 Å². The number of piperazine rings is 1. The summed E-state index contributed by atoms with van der Waals surface area (Å²) in [6.45, 7) is 11.5. The lowest BCUT2D eigenvalue weighted by atomic mass is 10.1. The van der Waals surface area contributed by atoms with Crippen LogP contribution in [0.4, 0.5) is 11.4 Å². The van der Waals surface area contributed by atoms with Gasteiger partial charge in [0, 0.05) is 37.6 Å². The lowest BCUT2D eigenvalue weighted by Gasteiger charge is -2.36. The van der Waals surface area contributed by atoms with Crippen molar-refractivity contribution >= 4 is 23.4 Å². The second kappa shape index (κ2) is 10.9. The molecular weight excluding hydrogens is 390 g/mol. The number of benzene rings is 2. The van der Waals surface area contributed by atoms with E-state index in [0.717, 1.165) is 49.5 Å². The number of nitrogens with one attached hydrogen (secondary N) is 1. The number of aryl methyl sites for hydroxylation is 1. The number of carbonyl (C=O) groups is 1. The summed E-state index contributed by atoms with van der Waals surface area (Å²) < 4.78 is 11.1. The molecule has 0 aliphatic carbocycles. The van der Waals surface area contributed by atoms with Gasteiger partial charge in [-0.2, -0.15) is 0 Å². The van der Waals surface area contributed by atoms with Crippen LogP contribution < -0.4 is 19.7 Å². The summed E-state index contributed by atoms with van der Waals surface area (Å²) in [5.41, 5.74) is 4.18. The molecule has 1 aliphatic rings. The molecule has 1 N–H and O–H groups in total. The molecule has 6 heteroatoms. The summed E-state index contributed by atoms with van der Waals surface area (Å²) in [6.07, 6.45) is 3.94. The van der Waals surface area contributed by atoms with Gasteiger partial charge in [0.05, 0.1) is 7.11 Å². The molecule has 3 rings (SSSR count). The van der Waals surface area contributed by atoms with Gasteiger partial charge in [0.25, 0.3) is 5.91 Å². The van der Waals surface area contributed by atoms with Gasteiger partial charge in [-0.15, -0.1) is 0 Å². The van der Waals surface area contributed by atoms with Gasteiger partial charge >= 0.3 is 0 Å². The first-order valence-corrected chi connectivity index (χ1v) is 10.9. The quantitative estimate of drug-likeness (QED) is 0.690. The summed E-state index contributed by atoms with van der Waals surface area (Å²) in [5.74, 6) is 0.943.